The number of carbonyl (C=O) groups is 1. The Morgan fingerprint density at radius 2 is 2.16 bits per heavy atom. The minimum Gasteiger partial charge on any atom is -0.351 e. The van der Waals surface area contributed by atoms with Gasteiger partial charge in [0.15, 0.2) is 5.16 Å². The van der Waals surface area contributed by atoms with Crippen molar-refractivity contribution < 1.29 is 4.79 Å². The number of nitrogens with zero attached hydrogens (tertiary/aromatic N) is 2. The van der Waals surface area contributed by atoms with E-state index in [2.05, 4.69) is 15.5 Å². The van der Waals surface area contributed by atoms with Gasteiger partial charge in [-0.1, -0.05) is 25.6 Å². The van der Waals surface area contributed by atoms with Crippen molar-refractivity contribution in [2.75, 3.05) is 5.75 Å². The predicted octanol–water partition coefficient (Wildman–Crippen LogP) is 1.38. The normalized spacial score (nSPS) is 11.6. The molecule has 0 aromatic carbocycles. The number of H-pyrrole nitrogens is 1. The summed E-state index contributed by atoms with van der Waals surface area (Å²) in [4.78, 5) is 23.3. The zero-order valence-corrected chi connectivity index (χ0v) is 12.8. The van der Waals surface area contributed by atoms with Crippen molar-refractivity contribution in [2.24, 2.45) is 0 Å². The van der Waals surface area contributed by atoms with E-state index < -0.39 is 0 Å². The van der Waals surface area contributed by atoms with Crippen molar-refractivity contribution in [2.45, 2.75) is 57.8 Å². The summed E-state index contributed by atoms with van der Waals surface area (Å²) in [5.41, 5.74) is -0.426. The number of aromatic nitrogens is 3. The molecule has 0 spiro atoms. The van der Waals surface area contributed by atoms with Crippen LogP contribution in [0.3, 0.4) is 0 Å². The van der Waals surface area contributed by atoms with Gasteiger partial charge in [0.25, 0.3) is 0 Å². The van der Waals surface area contributed by atoms with E-state index in [1.165, 1.54) is 11.8 Å². The molecule has 0 saturated heterocycles. The second kappa shape index (κ2) is 6.79. The second-order valence-electron chi connectivity index (χ2n) is 5.04. The lowest BCUT2D eigenvalue weighted by atomic mass is 10.0. The lowest BCUT2D eigenvalue weighted by Crippen LogP contribution is -2.43. The Kier molecular flexibility index (Phi) is 5.65. The minimum atomic E-state index is -0.223. The molecule has 1 aromatic rings. The molecule has 0 atom stereocenters. The Morgan fingerprint density at radius 1 is 1.47 bits per heavy atom. The maximum absolute atomic E-state index is 11.8. The quantitative estimate of drug-likeness (QED) is 0.742. The van der Waals surface area contributed by atoms with Gasteiger partial charge >= 0.3 is 5.69 Å². The van der Waals surface area contributed by atoms with Crippen LogP contribution in [0.25, 0.3) is 0 Å². The van der Waals surface area contributed by atoms with Crippen LogP contribution in [-0.4, -0.2) is 32.0 Å². The van der Waals surface area contributed by atoms with Crippen LogP contribution in [0, 0.1) is 0 Å². The average Bonchev–Trinajstić information content (AvgIpc) is 2.69. The molecule has 19 heavy (non-hydrogen) atoms. The van der Waals surface area contributed by atoms with Crippen LogP contribution >= 0.6 is 11.8 Å². The van der Waals surface area contributed by atoms with Crippen LogP contribution in [0.5, 0.6) is 0 Å². The summed E-state index contributed by atoms with van der Waals surface area (Å²) >= 11 is 1.28. The molecule has 0 bridgehead atoms. The lowest BCUT2D eigenvalue weighted by Gasteiger charge is -2.24. The van der Waals surface area contributed by atoms with Crippen LogP contribution in [-0.2, 0) is 11.3 Å². The van der Waals surface area contributed by atoms with Crippen molar-refractivity contribution in [3.8, 4) is 0 Å². The maximum Gasteiger partial charge on any atom is 0.343 e. The number of aromatic amines is 1. The van der Waals surface area contributed by atoms with Crippen molar-refractivity contribution in [1.82, 2.24) is 20.1 Å². The van der Waals surface area contributed by atoms with E-state index in [-0.39, 0.29) is 22.9 Å². The number of amides is 1. The van der Waals surface area contributed by atoms with E-state index in [9.17, 15) is 9.59 Å². The number of hydrogen-bond donors (Lipinski definition) is 2. The fraction of sp³-hybridized carbons (Fsp3) is 0.750. The number of nitrogens with one attached hydrogen (secondary N) is 2. The molecule has 1 amide bonds. The first kappa shape index (κ1) is 15.8. The van der Waals surface area contributed by atoms with Gasteiger partial charge in [0, 0.05) is 12.1 Å². The van der Waals surface area contributed by atoms with Gasteiger partial charge < -0.3 is 5.32 Å². The van der Waals surface area contributed by atoms with Gasteiger partial charge in [-0.3, -0.25) is 9.36 Å². The first-order valence-corrected chi connectivity index (χ1v) is 7.47. The van der Waals surface area contributed by atoms with Crippen molar-refractivity contribution >= 4 is 17.7 Å². The van der Waals surface area contributed by atoms with Crippen molar-refractivity contribution in [3.05, 3.63) is 10.5 Å². The number of carbonyl (C=O) groups excluding carboxylic acids is 1. The predicted molar refractivity (Wildman–Crippen MR) is 76.4 cm³/mol. The van der Waals surface area contributed by atoms with Gasteiger partial charge in [0.05, 0.1) is 5.75 Å². The smallest absolute Gasteiger partial charge is 0.343 e. The first-order valence-electron chi connectivity index (χ1n) is 6.48. The molecule has 2 N–H and O–H groups in total. The summed E-state index contributed by atoms with van der Waals surface area (Å²) < 4.78 is 1.56. The highest BCUT2D eigenvalue weighted by atomic mass is 32.2. The standard InChI is InChI=1S/C12H22N4O2S/c1-5-7-16-10(18)14-15-11(16)19-8-9(17)13-12(3,4)6-2/h5-8H2,1-4H3,(H,13,17)(H,14,18). The van der Waals surface area contributed by atoms with Crippen LogP contribution < -0.4 is 11.0 Å². The van der Waals surface area contributed by atoms with E-state index >= 15 is 0 Å². The molecule has 0 fully saturated rings. The van der Waals surface area contributed by atoms with E-state index in [4.69, 9.17) is 0 Å². The molecular weight excluding hydrogens is 264 g/mol. The number of hydrogen-bond acceptors (Lipinski definition) is 4. The van der Waals surface area contributed by atoms with E-state index in [0.29, 0.717) is 11.7 Å². The maximum atomic E-state index is 11.8. The summed E-state index contributed by atoms with van der Waals surface area (Å²) in [5, 5.41) is 9.86. The minimum absolute atomic E-state index is 0.0460. The molecular formula is C12H22N4O2S. The van der Waals surface area contributed by atoms with Gasteiger partial charge in [-0.05, 0) is 26.7 Å². The van der Waals surface area contributed by atoms with Crippen LogP contribution in [0.4, 0.5) is 0 Å². The molecule has 0 saturated carbocycles. The highest BCUT2D eigenvalue weighted by Gasteiger charge is 2.18. The second-order valence-corrected chi connectivity index (χ2v) is 5.98. The summed E-state index contributed by atoms with van der Waals surface area (Å²) in [7, 11) is 0. The van der Waals surface area contributed by atoms with Crippen LogP contribution in [0.2, 0.25) is 0 Å². The SMILES string of the molecule is CCCn1c(SCC(=O)NC(C)(C)CC)n[nH]c1=O. The zero-order chi connectivity index (χ0) is 14.5. The lowest BCUT2D eigenvalue weighted by molar-refractivity contribution is -0.120. The monoisotopic (exact) mass is 286 g/mol. The van der Waals surface area contributed by atoms with Gasteiger partial charge in [0.2, 0.25) is 5.91 Å². The molecule has 0 radical (unpaired) electrons. The molecule has 6 nitrogen and oxygen atoms in total. The average molecular weight is 286 g/mol. The van der Waals surface area contributed by atoms with Gasteiger partial charge in [-0.25, -0.2) is 9.89 Å². The largest absolute Gasteiger partial charge is 0.351 e. The topological polar surface area (TPSA) is 79.8 Å². The molecule has 1 rings (SSSR count). The van der Waals surface area contributed by atoms with Gasteiger partial charge in [-0.2, -0.15) is 0 Å². The third-order valence-electron chi connectivity index (χ3n) is 2.86. The fourth-order valence-electron chi connectivity index (χ4n) is 1.47. The molecule has 1 aromatic heterocycles. The van der Waals surface area contributed by atoms with Crippen LogP contribution in [0.15, 0.2) is 9.95 Å². The fourth-order valence-corrected chi connectivity index (χ4v) is 2.24. The molecule has 0 aliphatic heterocycles. The Balaban J connectivity index is 2.58. The third kappa shape index (κ3) is 4.74. The van der Waals surface area contributed by atoms with E-state index in [1.807, 2.05) is 27.7 Å². The van der Waals surface area contributed by atoms with Gasteiger partial charge in [-0.15, -0.1) is 5.10 Å². The molecule has 1 heterocycles. The van der Waals surface area contributed by atoms with Crippen LogP contribution in [0.1, 0.15) is 40.5 Å². The Hall–Kier alpha value is -1.24. The summed E-state index contributed by atoms with van der Waals surface area (Å²) in [5.74, 6) is 0.215. The molecule has 0 unspecified atom stereocenters. The van der Waals surface area contributed by atoms with E-state index in [0.717, 1.165) is 12.8 Å². The first-order chi connectivity index (χ1) is 8.89. The molecule has 0 aliphatic rings. The summed E-state index contributed by atoms with van der Waals surface area (Å²) in [6.07, 6.45) is 1.72. The Morgan fingerprint density at radius 3 is 2.74 bits per heavy atom. The van der Waals surface area contributed by atoms with Crippen molar-refractivity contribution in [1.29, 1.82) is 0 Å². The summed E-state index contributed by atoms with van der Waals surface area (Å²) in [6.45, 7) is 8.60. The molecule has 0 aliphatic carbocycles. The zero-order valence-electron chi connectivity index (χ0n) is 11.9. The Labute approximate surface area is 117 Å². The Bertz CT molecular complexity index is 478. The summed E-state index contributed by atoms with van der Waals surface area (Å²) in [6, 6.07) is 0. The highest BCUT2D eigenvalue weighted by Crippen LogP contribution is 2.14. The third-order valence-corrected chi connectivity index (χ3v) is 3.84. The van der Waals surface area contributed by atoms with Crippen molar-refractivity contribution in [3.63, 3.8) is 0 Å². The molecule has 108 valence electrons. The molecule has 7 heteroatoms. The van der Waals surface area contributed by atoms with Gasteiger partial charge in [0.1, 0.15) is 0 Å². The van der Waals surface area contributed by atoms with E-state index in [1.54, 1.807) is 4.57 Å². The highest BCUT2D eigenvalue weighted by molar-refractivity contribution is 7.99. The number of thioether (sulfide) groups is 1. The number of rotatable bonds is 7.